The fourth-order valence-corrected chi connectivity index (χ4v) is 5.29. The van der Waals surface area contributed by atoms with E-state index in [0.29, 0.717) is 22.2 Å². The van der Waals surface area contributed by atoms with E-state index in [9.17, 15) is 13.2 Å². The van der Waals surface area contributed by atoms with Crippen molar-refractivity contribution < 1.29 is 8.42 Å². The Balaban J connectivity index is 1.86. The number of rotatable bonds is 3. The second-order valence-corrected chi connectivity index (χ2v) is 8.97. The molecular weight excluding hydrogens is 394 g/mol. The number of hydrogen-bond acceptors (Lipinski definition) is 3. The lowest BCUT2D eigenvalue weighted by Gasteiger charge is -2.13. The highest BCUT2D eigenvalue weighted by molar-refractivity contribution is 7.91. The van der Waals surface area contributed by atoms with Crippen LogP contribution in [0.4, 0.5) is 0 Å². The molecule has 0 saturated carbocycles. The molecule has 0 unspecified atom stereocenters. The molecule has 5 heteroatoms. The minimum Gasteiger partial charge on any atom is -0.353 e. The fourth-order valence-electron chi connectivity index (χ4n) is 3.73. The van der Waals surface area contributed by atoms with Gasteiger partial charge in [0.15, 0.2) is 0 Å². The summed E-state index contributed by atoms with van der Waals surface area (Å²) in [5.41, 5.74) is 1.03. The molecule has 5 aromatic rings. The predicted octanol–water partition coefficient (Wildman–Crippen LogP) is 5.18. The lowest BCUT2D eigenvalue weighted by Crippen LogP contribution is -2.18. The summed E-state index contributed by atoms with van der Waals surface area (Å²) in [6.07, 6.45) is 0. The third kappa shape index (κ3) is 2.91. The Morgan fingerprint density at radius 1 is 0.667 bits per heavy atom. The lowest BCUT2D eigenvalue weighted by molar-refractivity contribution is 0.595. The summed E-state index contributed by atoms with van der Waals surface area (Å²) in [5.74, 6) is 0. The second-order valence-electron chi connectivity index (χ2n) is 7.08. The highest BCUT2D eigenvalue weighted by atomic mass is 32.2. The number of H-pyrrole nitrogens is 1. The van der Waals surface area contributed by atoms with Crippen LogP contribution in [0.3, 0.4) is 0 Å². The molecule has 4 nitrogen and oxygen atoms in total. The number of benzene rings is 4. The molecule has 0 radical (unpaired) electrons. The molecule has 146 valence electrons. The van der Waals surface area contributed by atoms with Gasteiger partial charge >= 0.3 is 0 Å². The van der Waals surface area contributed by atoms with Crippen molar-refractivity contribution in [3.8, 4) is 11.3 Å². The zero-order chi connectivity index (χ0) is 20.7. The molecule has 0 fully saturated rings. The SMILES string of the molecule is O=c1c(S(=O)(=O)c2ccc3ccccc3c2)c(-c2ccccc2)[nH]c2ccccc12. The van der Waals surface area contributed by atoms with Gasteiger partial charge in [-0.3, -0.25) is 4.79 Å². The second kappa shape index (κ2) is 6.97. The molecule has 0 atom stereocenters. The maximum atomic E-state index is 13.7. The van der Waals surface area contributed by atoms with E-state index in [1.54, 1.807) is 48.5 Å². The van der Waals surface area contributed by atoms with E-state index in [-0.39, 0.29) is 9.79 Å². The van der Waals surface area contributed by atoms with Gasteiger partial charge in [0.2, 0.25) is 15.3 Å². The minimum absolute atomic E-state index is 0.0964. The molecule has 1 heterocycles. The van der Waals surface area contributed by atoms with Gasteiger partial charge in [-0.15, -0.1) is 0 Å². The summed E-state index contributed by atoms with van der Waals surface area (Å²) in [6, 6.07) is 28.5. The molecule has 4 aromatic carbocycles. The molecule has 1 aromatic heterocycles. The van der Waals surface area contributed by atoms with E-state index >= 15 is 0 Å². The van der Waals surface area contributed by atoms with E-state index in [1.807, 2.05) is 48.5 Å². The summed E-state index contributed by atoms with van der Waals surface area (Å²) in [5, 5.41) is 2.08. The average Bonchev–Trinajstić information content (AvgIpc) is 2.79. The fraction of sp³-hybridized carbons (Fsp3) is 0. The van der Waals surface area contributed by atoms with Gasteiger partial charge < -0.3 is 4.98 Å². The summed E-state index contributed by atoms with van der Waals surface area (Å²) < 4.78 is 27.4. The minimum atomic E-state index is -4.08. The van der Waals surface area contributed by atoms with Gasteiger partial charge in [0.1, 0.15) is 4.90 Å². The van der Waals surface area contributed by atoms with Crippen molar-refractivity contribution in [3.05, 3.63) is 107 Å². The monoisotopic (exact) mass is 411 g/mol. The van der Waals surface area contributed by atoms with E-state index in [1.165, 1.54) is 0 Å². The Morgan fingerprint density at radius 2 is 1.33 bits per heavy atom. The van der Waals surface area contributed by atoms with Crippen LogP contribution in [0.25, 0.3) is 32.9 Å². The van der Waals surface area contributed by atoms with Crippen molar-refractivity contribution in [2.24, 2.45) is 0 Å². The maximum Gasteiger partial charge on any atom is 0.212 e. The van der Waals surface area contributed by atoms with Crippen LogP contribution in [0.15, 0.2) is 112 Å². The molecule has 0 aliphatic carbocycles. The van der Waals surface area contributed by atoms with E-state index in [2.05, 4.69) is 4.98 Å². The van der Waals surface area contributed by atoms with Crippen molar-refractivity contribution in [3.63, 3.8) is 0 Å². The molecule has 1 N–H and O–H groups in total. The predicted molar refractivity (Wildman–Crippen MR) is 119 cm³/mol. The number of nitrogens with one attached hydrogen (secondary N) is 1. The Bertz CT molecular complexity index is 1570. The Labute approximate surface area is 173 Å². The molecule has 0 aliphatic rings. The molecule has 0 spiro atoms. The maximum absolute atomic E-state index is 13.7. The Hall–Kier alpha value is -3.70. The van der Waals surface area contributed by atoms with Gasteiger partial charge in [-0.05, 0) is 40.6 Å². The van der Waals surface area contributed by atoms with E-state index in [4.69, 9.17) is 0 Å². The standard InChI is InChI=1S/C25H17NO3S/c27-24-21-12-6-7-13-22(21)26-23(18-9-2-1-3-10-18)25(24)30(28,29)20-15-14-17-8-4-5-11-19(17)16-20/h1-16H,(H,26,27). The van der Waals surface area contributed by atoms with Crippen LogP contribution >= 0.6 is 0 Å². The van der Waals surface area contributed by atoms with Gasteiger partial charge in [0.25, 0.3) is 0 Å². The zero-order valence-electron chi connectivity index (χ0n) is 15.9. The quantitative estimate of drug-likeness (QED) is 0.445. The largest absolute Gasteiger partial charge is 0.353 e. The molecule has 0 aliphatic heterocycles. The van der Waals surface area contributed by atoms with Crippen molar-refractivity contribution in [2.45, 2.75) is 9.79 Å². The summed E-state index contributed by atoms with van der Waals surface area (Å²) in [7, 11) is -4.08. The van der Waals surface area contributed by atoms with Crippen molar-refractivity contribution >= 4 is 31.5 Å². The first kappa shape index (κ1) is 18.3. The number of sulfone groups is 1. The smallest absolute Gasteiger partial charge is 0.212 e. The molecule has 0 saturated heterocycles. The van der Waals surface area contributed by atoms with E-state index < -0.39 is 15.3 Å². The summed E-state index contributed by atoms with van der Waals surface area (Å²) in [6.45, 7) is 0. The Morgan fingerprint density at radius 3 is 2.13 bits per heavy atom. The molecule has 5 rings (SSSR count). The average molecular weight is 411 g/mol. The zero-order valence-corrected chi connectivity index (χ0v) is 16.7. The van der Waals surface area contributed by atoms with Gasteiger partial charge in [0.05, 0.1) is 10.6 Å². The van der Waals surface area contributed by atoms with Crippen molar-refractivity contribution in [1.82, 2.24) is 4.98 Å². The van der Waals surface area contributed by atoms with Crippen LogP contribution in [0, 0.1) is 0 Å². The van der Waals surface area contributed by atoms with Gasteiger partial charge in [-0.25, -0.2) is 8.42 Å². The lowest BCUT2D eigenvalue weighted by atomic mass is 10.1. The first-order valence-corrected chi connectivity index (χ1v) is 11.0. The molecular formula is C25H17NO3S. The molecule has 0 bridgehead atoms. The summed E-state index contributed by atoms with van der Waals surface area (Å²) in [4.78, 5) is 16.5. The number of para-hydroxylation sites is 1. The van der Waals surface area contributed by atoms with Gasteiger partial charge in [-0.2, -0.15) is 0 Å². The Kier molecular flexibility index (Phi) is 4.26. The van der Waals surface area contributed by atoms with Crippen LogP contribution in [0.1, 0.15) is 0 Å². The molecule has 0 amide bonds. The first-order chi connectivity index (χ1) is 14.6. The normalized spacial score (nSPS) is 11.7. The van der Waals surface area contributed by atoms with Crippen molar-refractivity contribution in [1.29, 1.82) is 0 Å². The van der Waals surface area contributed by atoms with Crippen molar-refractivity contribution in [2.75, 3.05) is 0 Å². The van der Waals surface area contributed by atoms with Crippen LogP contribution in [-0.2, 0) is 9.84 Å². The van der Waals surface area contributed by atoms with Gasteiger partial charge in [-0.1, -0.05) is 72.8 Å². The number of hydrogen-bond donors (Lipinski definition) is 1. The summed E-state index contributed by atoms with van der Waals surface area (Å²) >= 11 is 0. The topological polar surface area (TPSA) is 67.0 Å². The number of aromatic nitrogens is 1. The van der Waals surface area contributed by atoms with Crippen LogP contribution in [-0.4, -0.2) is 13.4 Å². The van der Waals surface area contributed by atoms with Crippen LogP contribution in [0.2, 0.25) is 0 Å². The third-order valence-corrected chi connectivity index (χ3v) is 7.03. The number of pyridine rings is 1. The van der Waals surface area contributed by atoms with Crippen LogP contribution in [0.5, 0.6) is 0 Å². The van der Waals surface area contributed by atoms with Crippen LogP contribution < -0.4 is 5.43 Å². The van der Waals surface area contributed by atoms with E-state index in [0.717, 1.165) is 10.8 Å². The third-order valence-electron chi connectivity index (χ3n) is 5.23. The van der Waals surface area contributed by atoms with Gasteiger partial charge in [0, 0.05) is 10.9 Å². The number of fused-ring (bicyclic) bond motifs is 2. The first-order valence-electron chi connectivity index (χ1n) is 9.50. The number of aromatic amines is 1. The highest BCUT2D eigenvalue weighted by Crippen LogP contribution is 2.31. The molecule has 30 heavy (non-hydrogen) atoms. The highest BCUT2D eigenvalue weighted by Gasteiger charge is 2.27.